The van der Waals surface area contributed by atoms with E-state index in [9.17, 15) is 4.79 Å². The molecule has 5 heteroatoms. The first-order chi connectivity index (χ1) is 14.6. The fourth-order valence-corrected chi connectivity index (χ4v) is 6.85. The maximum atomic E-state index is 13.3. The monoisotopic (exact) mass is 416 g/mol. The van der Waals surface area contributed by atoms with Crippen molar-refractivity contribution in [2.45, 2.75) is 127 Å². The Labute approximate surface area is 183 Å². The second-order valence-electron chi connectivity index (χ2n) is 10.9. The highest BCUT2D eigenvalue weighted by molar-refractivity contribution is 6.07. The normalized spacial score (nSPS) is 34.4. The summed E-state index contributed by atoms with van der Waals surface area (Å²) >= 11 is 0. The molecule has 4 rings (SSSR count). The Morgan fingerprint density at radius 1 is 0.933 bits per heavy atom. The third kappa shape index (κ3) is 5.20. The van der Waals surface area contributed by atoms with Gasteiger partial charge in [-0.05, 0) is 56.8 Å². The molecule has 1 amide bonds. The zero-order valence-corrected chi connectivity index (χ0v) is 19.2. The largest absolute Gasteiger partial charge is 0.342 e. The summed E-state index contributed by atoms with van der Waals surface area (Å²) in [5, 5.41) is 15.6. The Kier molecular flexibility index (Phi) is 7.38. The Hall–Kier alpha value is -1.10. The minimum Gasteiger partial charge on any atom is -0.342 e. The molecule has 0 unspecified atom stereocenters. The van der Waals surface area contributed by atoms with Crippen LogP contribution in [0.2, 0.25) is 0 Å². The zero-order chi connectivity index (χ0) is 21.0. The van der Waals surface area contributed by atoms with Crippen molar-refractivity contribution in [1.82, 2.24) is 15.5 Å². The number of nitrogens with one attached hydrogen (secondary N) is 3. The van der Waals surface area contributed by atoms with Gasteiger partial charge in [-0.2, -0.15) is 0 Å². The van der Waals surface area contributed by atoms with Crippen LogP contribution in [-0.2, 0) is 4.79 Å². The quantitative estimate of drug-likeness (QED) is 0.550. The third-order valence-electron chi connectivity index (χ3n) is 8.61. The molecule has 0 aromatic carbocycles. The molecule has 0 bridgehead atoms. The summed E-state index contributed by atoms with van der Waals surface area (Å²) in [6.07, 6.45) is 21.5. The maximum Gasteiger partial charge on any atom is 0.254 e. The highest BCUT2D eigenvalue weighted by Crippen LogP contribution is 2.38. The minimum atomic E-state index is -0.527. The van der Waals surface area contributed by atoms with Gasteiger partial charge in [0, 0.05) is 19.1 Å². The van der Waals surface area contributed by atoms with Crippen LogP contribution in [0.15, 0.2) is 0 Å². The lowest BCUT2D eigenvalue weighted by Gasteiger charge is -2.38. The second kappa shape index (κ2) is 10.0. The molecule has 3 N–H and O–H groups in total. The predicted molar refractivity (Wildman–Crippen MR) is 123 cm³/mol. The lowest BCUT2D eigenvalue weighted by atomic mass is 9.74. The lowest BCUT2D eigenvalue weighted by molar-refractivity contribution is -0.131. The van der Waals surface area contributed by atoms with Gasteiger partial charge in [-0.15, -0.1) is 0 Å². The highest BCUT2D eigenvalue weighted by atomic mass is 16.2. The number of hydrogen-bond donors (Lipinski definition) is 3. The molecule has 3 aliphatic carbocycles. The summed E-state index contributed by atoms with van der Waals surface area (Å²) in [5.74, 6) is 1.81. The van der Waals surface area contributed by atoms with E-state index in [1.54, 1.807) is 11.9 Å². The van der Waals surface area contributed by atoms with Crippen molar-refractivity contribution in [2.75, 3.05) is 7.05 Å². The number of amides is 1. The first-order valence-corrected chi connectivity index (χ1v) is 13.0. The van der Waals surface area contributed by atoms with Gasteiger partial charge in [0.05, 0.1) is 0 Å². The number of hydrogen-bond acceptors (Lipinski definition) is 3. The van der Waals surface area contributed by atoms with Gasteiger partial charge in [0.25, 0.3) is 5.91 Å². The molecule has 30 heavy (non-hydrogen) atoms. The van der Waals surface area contributed by atoms with E-state index in [-0.39, 0.29) is 5.91 Å². The molecule has 0 radical (unpaired) electrons. The summed E-state index contributed by atoms with van der Waals surface area (Å²) in [5.41, 5.74) is -0.527. The van der Waals surface area contributed by atoms with E-state index >= 15 is 0 Å². The van der Waals surface area contributed by atoms with Gasteiger partial charge in [-0.25, -0.2) is 0 Å². The predicted octanol–water partition coefficient (Wildman–Crippen LogP) is 4.95. The fourth-order valence-electron chi connectivity index (χ4n) is 6.85. The number of nitrogens with zero attached hydrogens (tertiary/aromatic N) is 1. The van der Waals surface area contributed by atoms with Crippen LogP contribution in [0.4, 0.5) is 0 Å². The van der Waals surface area contributed by atoms with E-state index < -0.39 is 5.54 Å². The summed E-state index contributed by atoms with van der Waals surface area (Å²) < 4.78 is 0. The van der Waals surface area contributed by atoms with Crippen LogP contribution >= 0.6 is 0 Å². The third-order valence-corrected chi connectivity index (χ3v) is 8.61. The molecular formula is C25H44N4O. The van der Waals surface area contributed by atoms with E-state index in [4.69, 9.17) is 5.41 Å². The highest BCUT2D eigenvalue weighted by Gasteiger charge is 2.49. The van der Waals surface area contributed by atoms with Gasteiger partial charge in [0.2, 0.25) is 0 Å². The first-order valence-electron chi connectivity index (χ1n) is 13.0. The van der Waals surface area contributed by atoms with Crippen LogP contribution in [0, 0.1) is 17.2 Å². The van der Waals surface area contributed by atoms with Crippen molar-refractivity contribution in [3.8, 4) is 0 Å². The molecule has 5 nitrogen and oxygen atoms in total. The van der Waals surface area contributed by atoms with E-state index in [1.165, 1.54) is 89.9 Å². The molecule has 1 heterocycles. The standard InChI is InChI=1S/C25H44N4O/c1-29-23(30)25(28-24(29)26,16-15-19-9-4-2-5-10-19)18-20-11-8-14-22(17-20)27-21-12-6-3-7-13-21/h19-22,27H,2-18H2,1H3,(H2,26,28)/t20-,22+,25+/m0/s1. The minimum absolute atomic E-state index is 0.144. The smallest absolute Gasteiger partial charge is 0.254 e. The summed E-state index contributed by atoms with van der Waals surface area (Å²) in [6, 6.07) is 1.34. The number of likely N-dealkylation sites (N-methyl/N-ethyl adjacent to an activating group) is 1. The first kappa shape index (κ1) is 22.1. The Balaban J connectivity index is 1.38. The van der Waals surface area contributed by atoms with E-state index in [0.717, 1.165) is 25.2 Å². The van der Waals surface area contributed by atoms with Crippen molar-refractivity contribution in [3.63, 3.8) is 0 Å². The molecule has 4 aliphatic rings. The van der Waals surface area contributed by atoms with Gasteiger partial charge in [0.1, 0.15) is 5.54 Å². The lowest BCUT2D eigenvalue weighted by Crippen LogP contribution is -2.50. The van der Waals surface area contributed by atoms with Crippen molar-refractivity contribution >= 4 is 11.9 Å². The zero-order valence-electron chi connectivity index (χ0n) is 19.2. The maximum absolute atomic E-state index is 13.3. The average molecular weight is 417 g/mol. The number of guanidine groups is 1. The Bertz CT molecular complexity index is 596. The van der Waals surface area contributed by atoms with Crippen LogP contribution in [0.5, 0.6) is 0 Å². The van der Waals surface area contributed by atoms with Crippen LogP contribution in [-0.4, -0.2) is 41.4 Å². The molecule has 4 fully saturated rings. The van der Waals surface area contributed by atoms with Crippen molar-refractivity contribution in [1.29, 1.82) is 5.41 Å². The number of rotatable bonds is 7. The Morgan fingerprint density at radius 3 is 2.23 bits per heavy atom. The van der Waals surface area contributed by atoms with Crippen LogP contribution in [0.3, 0.4) is 0 Å². The SMILES string of the molecule is CN1C(=N)N[C@](CCC2CCCCC2)(C[C@H]2CCC[C@@H](NC3CCCCC3)C2)C1=O. The summed E-state index contributed by atoms with van der Waals surface area (Å²) in [6.45, 7) is 0. The number of carbonyl (C=O) groups is 1. The van der Waals surface area contributed by atoms with Crippen molar-refractivity contribution in [3.05, 3.63) is 0 Å². The molecule has 0 aromatic rings. The van der Waals surface area contributed by atoms with Crippen LogP contribution in [0.25, 0.3) is 0 Å². The van der Waals surface area contributed by atoms with E-state index in [2.05, 4.69) is 10.6 Å². The average Bonchev–Trinajstić information content (AvgIpc) is 2.98. The van der Waals surface area contributed by atoms with Crippen molar-refractivity contribution in [2.24, 2.45) is 11.8 Å². The molecule has 3 saturated carbocycles. The Morgan fingerprint density at radius 2 is 1.57 bits per heavy atom. The van der Waals surface area contributed by atoms with Gasteiger partial charge in [-0.3, -0.25) is 15.1 Å². The molecule has 170 valence electrons. The molecular weight excluding hydrogens is 372 g/mol. The van der Waals surface area contributed by atoms with E-state index in [1.807, 2.05) is 0 Å². The van der Waals surface area contributed by atoms with Gasteiger partial charge >= 0.3 is 0 Å². The van der Waals surface area contributed by atoms with Crippen LogP contribution in [0.1, 0.15) is 109 Å². The van der Waals surface area contributed by atoms with Gasteiger partial charge < -0.3 is 10.6 Å². The molecule has 3 atom stereocenters. The van der Waals surface area contributed by atoms with Crippen LogP contribution < -0.4 is 10.6 Å². The van der Waals surface area contributed by atoms with Crippen molar-refractivity contribution < 1.29 is 4.79 Å². The van der Waals surface area contributed by atoms with E-state index in [0.29, 0.717) is 24.0 Å². The second-order valence-corrected chi connectivity index (χ2v) is 10.9. The molecule has 1 saturated heterocycles. The number of carbonyl (C=O) groups excluding carboxylic acids is 1. The molecule has 1 aliphatic heterocycles. The van der Waals surface area contributed by atoms with Gasteiger partial charge in [-0.1, -0.05) is 64.2 Å². The van der Waals surface area contributed by atoms with Gasteiger partial charge in [0.15, 0.2) is 5.96 Å². The fraction of sp³-hybridized carbons (Fsp3) is 0.920. The molecule has 0 spiro atoms. The summed E-state index contributed by atoms with van der Waals surface area (Å²) in [7, 11) is 1.77. The topological polar surface area (TPSA) is 68.2 Å². The molecule has 0 aromatic heterocycles. The summed E-state index contributed by atoms with van der Waals surface area (Å²) in [4.78, 5) is 14.8.